The van der Waals surface area contributed by atoms with E-state index in [0.717, 1.165) is 16.8 Å². The van der Waals surface area contributed by atoms with Crippen LogP contribution in [0.1, 0.15) is 24.1 Å². The Kier molecular flexibility index (Phi) is 6.90. The van der Waals surface area contributed by atoms with Crippen LogP contribution < -0.4 is 14.8 Å². The van der Waals surface area contributed by atoms with Gasteiger partial charge < -0.3 is 19.7 Å². The highest BCUT2D eigenvalue weighted by Crippen LogP contribution is 2.27. The molecule has 0 fully saturated rings. The predicted molar refractivity (Wildman–Crippen MR) is 114 cm³/mol. The molecule has 3 aromatic rings. The van der Waals surface area contributed by atoms with E-state index in [1.807, 2.05) is 49.4 Å². The summed E-state index contributed by atoms with van der Waals surface area (Å²) in [5.74, 6) is 1.37. The van der Waals surface area contributed by atoms with E-state index in [9.17, 15) is 4.79 Å². The van der Waals surface area contributed by atoms with Crippen LogP contribution in [0.5, 0.6) is 11.5 Å². The molecule has 0 aliphatic heterocycles. The van der Waals surface area contributed by atoms with Gasteiger partial charge in [-0.1, -0.05) is 18.2 Å². The Morgan fingerprint density at radius 1 is 1.13 bits per heavy atom. The molecular weight excluding hydrogens is 382 g/mol. The summed E-state index contributed by atoms with van der Waals surface area (Å²) in [6.07, 6.45) is 3.84. The molecule has 1 atom stereocenters. The number of carbonyl (C=O) groups excluding carboxylic acids is 1. The summed E-state index contributed by atoms with van der Waals surface area (Å²) in [5.41, 5.74) is 3.02. The first-order chi connectivity index (χ1) is 14.5. The Labute approximate surface area is 176 Å². The van der Waals surface area contributed by atoms with Gasteiger partial charge in [0.25, 0.3) is 0 Å². The van der Waals surface area contributed by atoms with Crippen LogP contribution in [0.4, 0.5) is 4.79 Å². The maximum Gasteiger partial charge on any atom is 0.317 e. The second-order valence-electron chi connectivity index (χ2n) is 6.89. The highest BCUT2D eigenvalue weighted by molar-refractivity contribution is 5.74. The number of benzene rings is 2. The van der Waals surface area contributed by atoms with E-state index in [1.54, 1.807) is 37.2 Å². The van der Waals surface area contributed by atoms with Gasteiger partial charge >= 0.3 is 6.03 Å². The zero-order valence-corrected chi connectivity index (χ0v) is 17.7. The lowest BCUT2D eigenvalue weighted by Gasteiger charge is -2.26. The Hall–Kier alpha value is -3.55. The number of aromatic nitrogens is 3. The normalized spacial score (nSPS) is 11.6. The molecule has 8 heteroatoms. The third-order valence-electron chi connectivity index (χ3n) is 5.10. The zero-order valence-electron chi connectivity index (χ0n) is 17.7. The van der Waals surface area contributed by atoms with Crippen LogP contribution in [0.3, 0.4) is 0 Å². The third-order valence-corrected chi connectivity index (χ3v) is 5.10. The number of ether oxygens (including phenoxy) is 2. The minimum absolute atomic E-state index is 0.0733. The number of rotatable bonds is 8. The van der Waals surface area contributed by atoms with Crippen LogP contribution in [0.15, 0.2) is 55.1 Å². The molecule has 0 aliphatic carbocycles. The SMILES string of the molecule is COc1ccc(CCNC(=O)N(C)C(C)c2ccc(-n3cncn3)cc2)cc1OC. The van der Waals surface area contributed by atoms with E-state index in [4.69, 9.17) is 9.47 Å². The van der Waals surface area contributed by atoms with Crippen molar-refractivity contribution in [1.82, 2.24) is 25.0 Å². The molecule has 3 rings (SSSR count). The average Bonchev–Trinajstić information content (AvgIpc) is 3.33. The minimum Gasteiger partial charge on any atom is -0.493 e. The second-order valence-corrected chi connectivity index (χ2v) is 6.89. The molecule has 2 amide bonds. The summed E-state index contributed by atoms with van der Waals surface area (Å²) in [6, 6.07) is 13.5. The van der Waals surface area contributed by atoms with Crippen molar-refractivity contribution in [3.63, 3.8) is 0 Å². The van der Waals surface area contributed by atoms with Gasteiger partial charge in [-0.2, -0.15) is 5.10 Å². The fourth-order valence-corrected chi connectivity index (χ4v) is 3.12. The molecule has 0 bridgehead atoms. The van der Waals surface area contributed by atoms with Crippen molar-refractivity contribution in [2.75, 3.05) is 27.8 Å². The average molecular weight is 409 g/mol. The molecule has 0 aliphatic rings. The van der Waals surface area contributed by atoms with E-state index in [-0.39, 0.29) is 12.1 Å². The smallest absolute Gasteiger partial charge is 0.317 e. The molecular formula is C22H27N5O3. The van der Waals surface area contributed by atoms with Crippen LogP contribution in [0, 0.1) is 0 Å². The van der Waals surface area contributed by atoms with Gasteiger partial charge in [0.15, 0.2) is 11.5 Å². The van der Waals surface area contributed by atoms with Crippen molar-refractivity contribution in [1.29, 1.82) is 0 Å². The molecule has 1 N–H and O–H groups in total. The third kappa shape index (κ3) is 4.89. The van der Waals surface area contributed by atoms with Gasteiger partial charge in [0.2, 0.25) is 0 Å². The molecule has 1 aromatic heterocycles. The molecule has 1 heterocycles. The van der Waals surface area contributed by atoms with Gasteiger partial charge in [0, 0.05) is 13.6 Å². The summed E-state index contributed by atoms with van der Waals surface area (Å²) >= 11 is 0. The summed E-state index contributed by atoms with van der Waals surface area (Å²) in [5, 5.41) is 7.09. The lowest BCUT2D eigenvalue weighted by atomic mass is 10.1. The van der Waals surface area contributed by atoms with Gasteiger partial charge in [-0.15, -0.1) is 0 Å². The van der Waals surface area contributed by atoms with E-state index >= 15 is 0 Å². The van der Waals surface area contributed by atoms with Crippen LogP contribution in [-0.2, 0) is 6.42 Å². The standard InChI is InChI=1S/C22H27N5O3/c1-16(18-6-8-19(9-7-18)27-15-23-14-25-27)26(2)22(28)24-12-11-17-5-10-20(29-3)21(13-17)30-4/h5-10,13-16H,11-12H2,1-4H3,(H,24,28). The number of nitrogens with zero attached hydrogens (tertiary/aromatic N) is 4. The largest absolute Gasteiger partial charge is 0.493 e. The molecule has 30 heavy (non-hydrogen) atoms. The number of hydrogen-bond acceptors (Lipinski definition) is 5. The van der Waals surface area contributed by atoms with Crippen molar-refractivity contribution in [3.05, 3.63) is 66.2 Å². The Bertz CT molecular complexity index is 957. The summed E-state index contributed by atoms with van der Waals surface area (Å²) in [7, 11) is 5.01. The number of hydrogen-bond donors (Lipinski definition) is 1. The number of nitrogens with one attached hydrogen (secondary N) is 1. The molecule has 0 saturated carbocycles. The van der Waals surface area contributed by atoms with E-state index in [2.05, 4.69) is 15.4 Å². The first-order valence-corrected chi connectivity index (χ1v) is 9.70. The van der Waals surface area contributed by atoms with Crippen molar-refractivity contribution < 1.29 is 14.3 Å². The van der Waals surface area contributed by atoms with Crippen molar-refractivity contribution in [3.8, 4) is 17.2 Å². The summed E-state index contributed by atoms with van der Waals surface area (Å²) in [4.78, 5) is 18.2. The predicted octanol–water partition coefficient (Wildman–Crippen LogP) is 3.23. The first kappa shape index (κ1) is 21.2. The van der Waals surface area contributed by atoms with E-state index in [1.165, 1.54) is 6.33 Å². The maximum atomic E-state index is 12.6. The number of amides is 2. The quantitative estimate of drug-likeness (QED) is 0.618. The topological polar surface area (TPSA) is 81.5 Å². The van der Waals surface area contributed by atoms with Crippen molar-refractivity contribution in [2.24, 2.45) is 0 Å². The maximum absolute atomic E-state index is 12.6. The Morgan fingerprint density at radius 2 is 1.87 bits per heavy atom. The molecule has 8 nitrogen and oxygen atoms in total. The molecule has 0 radical (unpaired) electrons. The molecule has 158 valence electrons. The fraction of sp³-hybridized carbons (Fsp3) is 0.318. The summed E-state index contributed by atoms with van der Waals surface area (Å²) in [6.45, 7) is 2.52. The van der Waals surface area contributed by atoms with Crippen LogP contribution in [0.25, 0.3) is 5.69 Å². The van der Waals surface area contributed by atoms with Crippen LogP contribution in [-0.4, -0.2) is 53.5 Å². The Balaban J connectivity index is 1.53. The lowest BCUT2D eigenvalue weighted by Crippen LogP contribution is -2.39. The highest BCUT2D eigenvalue weighted by atomic mass is 16.5. The highest BCUT2D eigenvalue weighted by Gasteiger charge is 2.17. The van der Waals surface area contributed by atoms with Gasteiger partial charge in [-0.05, 0) is 48.7 Å². The zero-order chi connectivity index (χ0) is 21.5. The van der Waals surface area contributed by atoms with Gasteiger partial charge in [-0.25, -0.2) is 14.5 Å². The van der Waals surface area contributed by atoms with Gasteiger partial charge in [-0.3, -0.25) is 0 Å². The first-order valence-electron chi connectivity index (χ1n) is 9.70. The van der Waals surface area contributed by atoms with Gasteiger partial charge in [0.05, 0.1) is 25.9 Å². The molecule has 0 spiro atoms. The van der Waals surface area contributed by atoms with Crippen LogP contribution in [0.2, 0.25) is 0 Å². The summed E-state index contributed by atoms with van der Waals surface area (Å²) < 4.78 is 12.3. The van der Waals surface area contributed by atoms with E-state index < -0.39 is 0 Å². The van der Waals surface area contributed by atoms with Crippen molar-refractivity contribution >= 4 is 6.03 Å². The molecule has 1 unspecified atom stereocenters. The second kappa shape index (κ2) is 9.78. The van der Waals surface area contributed by atoms with Gasteiger partial charge in [0.1, 0.15) is 12.7 Å². The minimum atomic E-state index is -0.122. The monoisotopic (exact) mass is 409 g/mol. The number of urea groups is 1. The lowest BCUT2D eigenvalue weighted by molar-refractivity contribution is 0.194. The van der Waals surface area contributed by atoms with Crippen molar-refractivity contribution in [2.45, 2.75) is 19.4 Å². The Morgan fingerprint density at radius 3 is 2.50 bits per heavy atom. The molecule has 0 saturated heterocycles. The van der Waals surface area contributed by atoms with E-state index in [0.29, 0.717) is 24.5 Å². The van der Waals surface area contributed by atoms with Crippen LogP contribution >= 0.6 is 0 Å². The number of carbonyl (C=O) groups is 1. The molecule has 2 aromatic carbocycles. The number of methoxy groups -OCH3 is 2. The fourth-order valence-electron chi connectivity index (χ4n) is 3.12.